The topological polar surface area (TPSA) is 104 Å². The quantitative estimate of drug-likeness (QED) is 0.392. The smallest absolute Gasteiger partial charge is 0.332 e. The molecule has 39 heavy (non-hydrogen) atoms. The summed E-state index contributed by atoms with van der Waals surface area (Å²) in [5.41, 5.74) is 6.40. The van der Waals surface area contributed by atoms with Gasteiger partial charge in [-0.05, 0) is 43.6 Å². The highest BCUT2D eigenvalue weighted by atomic mass is 32.1. The van der Waals surface area contributed by atoms with Gasteiger partial charge in [0.1, 0.15) is 11.1 Å². The molecule has 0 saturated carbocycles. The number of nitrogens with two attached hydrogens (primary N) is 1. The van der Waals surface area contributed by atoms with Gasteiger partial charge < -0.3 is 20.3 Å². The molecule has 8 rings (SSSR count). The van der Waals surface area contributed by atoms with Crippen molar-refractivity contribution >= 4 is 33.5 Å². The van der Waals surface area contributed by atoms with Crippen molar-refractivity contribution in [1.82, 2.24) is 18.7 Å². The first-order chi connectivity index (χ1) is 18.9. The van der Waals surface area contributed by atoms with E-state index in [9.17, 15) is 9.59 Å². The average molecular weight is 548 g/mol. The highest BCUT2D eigenvalue weighted by molar-refractivity contribution is 7.14. The van der Waals surface area contributed by atoms with Gasteiger partial charge in [-0.3, -0.25) is 18.5 Å². The summed E-state index contributed by atoms with van der Waals surface area (Å²) in [4.78, 5) is 37.3. The van der Waals surface area contributed by atoms with Crippen LogP contribution in [0.25, 0.3) is 11.2 Å². The molecule has 2 saturated heterocycles. The number of aromatic nitrogens is 4. The third kappa shape index (κ3) is 3.84. The summed E-state index contributed by atoms with van der Waals surface area (Å²) < 4.78 is 11.3. The van der Waals surface area contributed by atoms with Crippen molar-refractivity contribution in [3.63, 3.8) is 0 Å². The van der Waals surface area contributed by atoms with Gasteiger partial charge >= 0.3 is 5.69 Å². The Hall–Kier alpha value is -3.49. The monoisotopic (exact) mass is 547 g/mol. The van der Waals surface area contributed by atoms with E-state index < -0.39 is 0 Å². The Morgan fingerprint density at radius 2 is 2.10 bits per heavy atom. The van der Waals surface area contributed by atoms with Crippen LogP contribution < -0.4 is 31.5 Å². The van der Waals surface area contributed by atoms with Crippen molar-refractivity contribution < 1.29 is 4.74 Å². The fourth-order valence-corrected chi connectivity index (χ4v) is 7.73. The molecule has 3 aromatic rings. The second-order valence-electron chi connectivity index (χ2n) is 11.1. The highest BCUT2D eigenvalue weighted by Gasteiger charge is 2.46. The van der Waals surface area contributed by atoms with E-state index in [0.29, 0.717) is 36.1 Å². The maximum absolute atomic E-state index is 14.2. The number of hydrogen-bond donors (Lipinski definition) is 1. The van der Waals surface area contributed by atoms with Gasteiger partial charge in [-0.1, -0.05) is 18.1 Å². The van der Waals surface area contributed by atoms with Crippen molar-refractivity contribution in [3.8, 4) is 17.6 Å². The Kier molecular flexibility index (Phi) is 5.86. The van der Waals surface area contributed by atoms with Crippen LogP contribution in [0.2, 0.25) is 0 Å². The zero-order valence-corrected chi connectivity index (χ0v) is 23.1. The van der Waals surface area contributed by atoms with Gasteiger partial charge in [-0.15, -0.1) is 17.3 Å². The summed E-state index contributed by atoms with van der Waals surface area (Å²) in [6.45, 7) is 4.68. The van der Waals surface area contributed by atoms with Crippen LogP contribution in [0.15, 0.2) is 33.2 Å². The van der Waals surface area contributed by atoms with Gasteiger partial charge in [0.05, 0.1) is 19.1 Å². The van der Waals surface area contributed by atoms with Crippen molar-refractivity contribution in [2.24, 2.45) is 24.6 Å². The second kappa shape index (κ2) is 9.31. The number of ether oxygens (including phenoxy) is 1. The van der Waals surface area contributed by atoms with Crippen molar-refractivity contribution in [3.05, 3.63) is 44.4 Å². The zero-order chi connectivity index (χ0) is 26.8. The summed E-state index contributed by atoms with van der Waals surface area (Å²) >= 11 is 1.66. The summed E-state index contributed by atoms with van der Waals surface area (Å²) in [7, 11) is 1.70. The molecule has 2 fully saturated rings. The third-order valence-corrected chi connectivity index (χ3v) is 9.66. The molecular formula is C28H33N7O3S. The Labute approximate surface area is 230 Å². The van der Waals surface area contributed by atoms with E-state index in [-0.39, 0.29) is 41.9 Å². The van der Waals surface area contributed by atoms with E-state index in [1.165, 1.54) is 9.13 Å². The van der Waals surface area contributed by atoms with E-state index in [1.807, 2.05) is 10.6 Å². The molecule has 5 aliphatic rings. The van der Waals surface area contributed by atoms with Gasteiger partial charge in [-0.2, -0.15) is 4.98 Å². The van der Waals surface area contributed by atoms with Gasteiger partial charge in [0.15, 0.2) is 16.9 Å². The standard InChI is InChI=1S/C28H33N7O3S/c1-3-4-11-33-23-24(30-27(33)32-10-5-6-18(29)15-32)31(2)28(37)35(25(23)36)16-20-19-8-7-17-13-22(19)38-21-9-12-39-26(21)34(20)14-17/h7-9,12,17-20,22H,5-6,10-11,13-16,29H2,1-2H3. The number of hydrogen-bond acceptors (Lipinski definition) is 8. The van der Waals surface area contributed by atoms with Crippen LogP contribution in [0.1, 0.15) is 26.2 Å². The molecule has 4 aliphatic heterocycles. The van der Waals surface area contributed by atoms with Crippen LogP contribution in [0.5, 0.6) is 5.75 Å². The summed E-state index contributed by atoms with van der Waals surface area (Å²) in [6, 6.07) is 2.00. The number of piperidine rings is 1. The molecule has 0 spiro atoms. The maximum atomic E-state index is 14.2. The van der Waals surface area contributed by atoms with Gasteiger partial charge in [0.2, 0.25) is 5.95 Å². The lowest BCUT2D eigenvalue weighted by Gasteiger charge is -2.33. The predicted octanol–water partition coefficient (Wildman–Crippen LogP) is 1.75. The molecule has 11 heteroatoms. The lowest BCUT2D eigenvalue weighted by molar-refractivity contribution is 0.129. The van der Waals surface area contributed by atoms with Crippen LogP contribution in [0.3, 0.4) is 0 Å². The Morgan fingerprint density at radius 1 is 1.23 bits per heavy atom. The van der Waals surface area contributed by atoms with Gasteiger partial charge in [0.25, 0.3) is 5.56 Å². The summed E-state index contributed by atoms with van der Waals surface area (Å²) in [6.07, 6.45) is 7.41. The zero-order valence-electron chi connectivity index (χ0n) is 22.2. The van der Waals surface area contributed by atoms with Crippen molar-refractivity contribution in [1.29, 1.82) is 0 Å². The number of thiophene rings is 1. The van der Waals surface area contributed by atoms with Crippen LogP contribution in [0.4, 0.5) is 10.9 Å². The Bertz CT molecular complexity index is 1650. The van der Waals surface area contributed by atoms with E-state index in [1.54, 1.807) is 25.3 Å². The highest BCUT2D eigenvalue weighted by Crippen LogP contribution is 2.47. The number of nitrogens with zero attached hydrogens (tertiary/aromatic N) is 6. The lowest BCUT2D eigenvalue weighted by atomic mass is 9.84. The minimum atomic E-state index is -0.355. The van der Waals surface area contributed by atoms with Gasteiger partial charge in [-0.25, -0.2) is 4.79 Å². The fraction of sp³-hybridized carbons (Fsp3) is 0.536. The number of rotatable bonds is 4. The first-order valence-electron chi connectivity index (χ1n) is 13.7. The fourth-order valence-electron chi connectivity index (χ4n) is 6.83. The molecule has 0 aromatic carbocycles. The number of aryl methyl sites for hydroxylation is 1. The van der Waals surface area contributed by atoms with Gasteiger partial charge in [0, 0.05) is 38.6 Å². The molecule has 0 radical (unpaired) electrons. The molecule has 5 unspecified atom stereocenters. The molecule has 7 heterocycles. The number of fused-ring (bicyclic) bond motifs is 2. The van der Waals surface area contributed by atoms with Crippen molar-refractivity contribution in [2.75, 3.05) is 29.4 Å². The Morgan fingerprint density at radius 3 is 2.92 bits per heavy atom. The normalized spacial score (nSPS) is 27.2. The van der Waals surface area contributed by atoms with E-state index >= 15 is 0 Å². The molecule has 10 nitrogen and oxygen atoms in total. The van der Waals surface area contributed by atoms with E-state index in [0.717, 1.165) is 43.1 Å². The lowest BCUT2D eigenvalue weighted by Crippen LogP contribution is -2.49. The molecule has 0 amide bonds. The first kappa shape index (κ1) is 24.5. The summed E-state index contributed by atoms with van der Waals surface area (Å²) in [5, 5.41) is 3.13. The molecule has 2 N–H and O–H groups in total. The van der Waals surface area contributed by atoms with E-state index in [2.05, 4.69) is 39.2 Å². The molecule has 1 aliphatic carbocycles. The maximum Gasteiger partial charge on any atom is 0.332 e. The van der Waals surface area contributed by atoms with Crippen molar-refractivity contribution in [2.45, 2.75) is 57.5 Å². The molecule has 204 valence electrons. The number of imidazole rings is 1. The molecule has 4 bridgehead atoms. The van der Waals surface area contributed by atoms with E-state index in [4.69, 9.17) is 15.5 Å². The second-order valence-corrected chi connectivity index (χ2v) is 12.0. The van der Waals surface area contributed by atoms with Crippen LogP contribution in [-0.2, 0) is 20.1 Å². The molecule has 3 aromatic heterocycles. The predicted molar refractivity (Wildman–Crippen MR) is 153 cm³/mol. The molecule has 5 atom stereocenters. The van der Waals surface area contributed by atoms with Crippen LogP contribution in [-0.4, -0.2) is 56.5 Å². The number of anilines is 2. The van der Waals surface area contributed by atoms with Crippen LogP contribution in [0, 0.1) is 23.7 Å². The largest absolute Gasteiger partial charge is 0.487 e. The Balaban J connectivity index is 1.37. The molecular weight excluding hydrogens is 514 g/mol. The van der Waals surface area contributed by atoms with Crippen LogP contribution >= 0.6 is 11.3 Å². The third-order valence-electron chi connectivity index (χ3n) is 8.73. The SMILES string of the molecule is CC#CCn1c(N2CCCC(N)C2)nc2c1c(=O)n(CC1C3C=CC4CC3Oc3ccsc3N1C4)c(=O)n2C. The first-order valence-corrected chi connectivity index (χ1v) is 14.6. The minimum absolute atomic E-state index is 0.0226. The average Bonchev–Trinajstić information content (AvgIpc) is 3.43. The summed E-state index contributed by atoms with van der Waals surface area (Å²) in [5.74, 6) is 8.09. The minimum Gasteiger partial charge on any atom is -0.487 e.